The number of carbonyl (C=O) groups is 2. The molecule has 0 aliphatic heterocycles. The largest absolute Gasteiger partial charge is 0.462 e. The van der Waals surface area contributed by atoms with Gasteiger partial charge in [0.1, 0.15) is 0 Å². The topological polar surface area (TPSA) is 59.1 Å². The van der Waals surface area contributed by atoms with Gasteiger partial charge in [0.2, 0.25) is 0 Å². The lowest BCUT2D eigenvalue weighted by molar-refractivity contribution is 0.0480. The molecule has 0 spiro atoms. The fourth-order valence-corrected chi connectivity index (χ4v) is 5.25. The lowest BCUT2D eigenvalue weighted by Crippen LogP contribution is -2.25. The number of halogens is 2. The normalized spacial score (nSPS) is 11.0. The van der Waals surface area contributed by atoms with Gasteiger partial charge in [-0.05, 0) is 75.4 Å². The maximum Gasteiger partial charge on any atom is 0.338 e. The Balaban J connectivity index is 0.00000342. The third kappa shape index (κ3) is 9.11. The molecular weight excluding hydrogens is 531 g/mol. The summed E-state index contributed by atoms with van der Waals surface area (Å²) in [5.41, 5.74) is 1.06. The Labute approximate surface area is 237 Å². The Bertz CT molecular complexity index is 1040. The first-order chi connectivity index (χ1) is 17.0. The number of hydrogen-bond donors (Lipinski definition) is 0. The van der Waals surface area contributed by atoms with Gasteiger partial charge in [-0.1, -0.05) is 27.7 Å². The average Bonchev–Trinajstić information content (AvgIpc) is 3.25. The number of carbonyl (C=O) groups excluding carboxylic acids is 2. The smallest absolute Gasteiger partial charge is 0.338 e. The van der Waals surface area contributed by atoms with Crippen molar-refractivity contribution in [1.82, 2.24) is 9.80 Å². The predicted molar refractivity (Wildman–Crippen MR) is 159 cm³/mol. The van der Waals surface area contributed by atoms with Gasteiger partial charge in [0.15, 0.2) is 0 Å². The van der Waals surface area contributed by atoms with Crippen LogP contribution in [0.25, 0.3) is 20.2 Å². The fourth-order valence-electron chi connectivity index (χ4n) is 4.18. The molecule has 9 heteroatoms. The van der Waals surface area contributed by atoms with Gasteiger partial charge in [-0.3, -0.25) is 0 Å². The highest BCUT2D eigenvalue weighted by Crippen LogP contribution is 2.35. The van der Waals surface area contributed by atoms with Crippen LogP contribution in [-0.4, -0.2) is 74.2 Å². The molecule has 6 nitrogen and oxygen atoms in total. The van der Waals surface area contributed by atoms with Gasteiger partial charge in [0.05, 0.1) is 24.3 Å². The summed E-state index contributed by atoms with van der Waals surface area (Å²) in [7, 11) is 0. The minimum absolute atomic E-state index is 0. The summed E-state index contributed by atoms with van der Waals surface area (Å²) >= 11 is 1.65. The maximum atomic E-state index is 12.6. The van der Waals surface area contributed by atoms with E-state index in [0.717, 1.165) is 72.3 Å². The van der Waals surface area contributed by atoms with Gasteiger partial charge >= 0.3 is 11.9 Å². The third-order valence-corrected chi connectivity index (χ3v) is 7.58. The van der Waals surface area contributed by atoms with Crippen LogP contribution in [0.2, 0.25) is 0 Å². The van der Waals surface area contributed by atoms with Crippen molar-refractivity contribution in [2.24, 2.45) is 0 Å². The van der Waals surface area contributed by atoms with Crippen LogP contribution in [0, 0.1) is 0 Å². The molecule has 0 aliphatic carbocycles. The number of rotatable bonds is 14. The summed E-state index contributed by atoms with van der Waals surface area (Å²) in [4.78, 5) is 29.9. The first-order valence-corrected chi connectivity index (χ1v) is 13.6. The summed E-state index contributed by atoms with van der Waals surface area (Å²) in [6, 6.07) is 11.3. The third-order valence-electron chi connectivity index (χ3n) is 6.43. The van der Waals surface area contributed by atoms with Crippen molar-refractivity contribution < 1.29 is 19.1 Å². The number of thiophene rings is 1. The van der Waals surface area contributed by atoms with Crippen molar-refractivity contribution in [3.05, 3.63) is 47.5 Å². The van der Waals surface area contributed by atoms with Crippen LogP contribution in [0.5, 0.6) is 0 Å². The van der Waals surface area contributed by atoms with Crippen LogP contribution < -0.4 is 0 Å². The molecule has 3 aromatic rings. The number of nitrogens with zero attached hydrogens (tertiary/aromatic N) is 2. The highest BCUT2D eigenvalue weighted by Gasteiger charge is 2.14. The molecule has 2 aromatic carbocycles. The first kappa shape index (κ1) is 33.1. The Morgan fingerprint density at radius 1 is 0.676 bits per heavy atom. The minimum Gasteiger partial charge on any atom is -0.462 e. The molecule has 0 radical (unpaired) electrons. The standard InChI is InChI=1S/C28H38N2O4S.2ClH/c1-5-29(6-2)15-9-17-33-27(31)21-11-13-25-23(19-21)24-20-22(12-14-26(24)35-25)28(32)34-18-10-16-30(7-3)8-4;;/h11-14,19-20H,5-10,15-18H2,1-4H3;2*1H. The second-order valence-corrected chi connectivity index (χ2v) is 9.64. The van der Waals surface area contributed by atoms with E-state index >= 15 is 0 Å². The zero-order valence-electron chi connectivity index (χ0n) is 22.3. The molecule has 3 rings (SSSR count). The predicted octanol–water partition coefficient (Wildman–Crippen LogP) is 6.68. The molecule has 206 valence electrons. The quantitative estimate of drug-likeness (QED) is 0.159. The van der Waals surface area contributed by atoms with Crippen molar-refractivity contribution in [2.45, 2.75) is 40.5 Å². The molecule has 0 unspecified atom stereocenters. The van der Waals surface area contributed by atoms with E-state index in [1.54, 1.807) is 11.3 Å². The zero-order chi connectivity index (χ0) is 25.2. The molecule has 37 heavy (non-hydrogen) atoms. The molecule has 0 N–H and O–H groups in total. The van der Waals surface area contributed by atoms with Crippen molar-refractivity contribution in [3.8, 4) is 0 Å². The van der Waals surface area contributed by atoms with Crippen LogP contribution in [0.4, 0.5) is 0 Å². The number of hydrogen-bond acceptors (Lipinski definition) is 7. The Morgan fingerprint density at radius 2 is 1.05 bits per heavy atom. The van der Waals surface area contributed by atoms with Gasteiger partial charge in [-0.2, -0.15) is 0 Å². The summed E-state index contributed by atoms with van der Waals surface area (Å²) in [5, 5.41) is 1.91. The summed E-state index contributed by atoms with van der Waals surface area (Å²) in [6.45, 7) is 15.2. The lowest BCUT2D eigenvalue weighted by Gasteiger charge is -2.17. The van der Waals surface area contributed by atoms with E-state index < -0.39 is 0 Å². The molecule has 0 bridgehead atoms. The molecule has 0 amide bonds. The molecule has 0 fully saturated rings. The van der Waals surface area contributed by atoms with Crippen LogP contribution >= 0.6 is 36.2 Å². The zero-order valence-corrected chi connectivity index (χ0v) is 24.7. The van der Waals surface area contributed by atoms with Crippen LogP contribution in [0.3, 0.4) is 0 Å². The van der Waals surface area contributed by atoms with E-state index in [9.17, 15) is 9.59 Å². The van der Waals surface area contributed by atoms with Gasteiger partial charge < -0.3 is 19.3 Å². The average molecular weight is 572 g/mol. The van der Waals surface area contributed by atoms with E-state index in [-0.39, 0.29) is 36.8 Å². The van der Waals surface area contributed by atoms with E-state index in [2.05, 4.69) is 37.5 Å². The van der Waals surface area contributed by atoms with E-state index in [1.165, 1.54) is 0 Å². The SMILES string of the molecule is CCN(CC)CCCOC(=O)c1ccc2sc3ccc(C(=O)OCCCN(CC)CC)cc3c2c1.Cl.Cl. The van der Waals surface area contributed by atoms with Crippen molar-refractivity contribution in [2.75, 3.05) is 52.5 Å². The molecule has 0 aliphatic rings. The van der Waals surface area contributed by atoms with Crippen molar-refractivity contribution >= 4 is 68.3 Å². The minimum atomic E-state index is -0.311. The van der Waals surface area contributed by atoms with Crippen molar-refractivity contribution in [3.63, 3.8) is 0 Å². The first-order valence-electron chi connectivity index (χ1n) is 12.8. The Hall–Kier alpha value is -1.90. The van der Waals surface area contributed by atoms with E-state index in [4.69, 9.17) is 9.47 Å². The van der Waals surface area contributed by atoms with E-state index in [0.29, 0.717) is 24.3 Å². The second-order valence-electron chi connectivity index (χ2n) is 8.56. The molecule has 1 aromatic heterocycles. The number of esters is 2. The van der Waals surface area contributed by atoms with Gasteiger partial charge in [-0.25, -0.2) is 9.59 Å². The highest BCUT2D eigenvalue weighted by molar-refractivity contribution is 7.25. The molecular formula is C28H40Cl2N2O4S. The van der Waals surface area contributed by atoms with Crippen molar-refractivity contribution in [1.29, 1.82) is 0 Å². The van der Waals surface area contributed by atoms with Gasteiger partial charge in [0, 0.05) is 33.3 Å². The summed E-state index contributed by atoms with van der Waals surface area (Å²) < 4.78 is 13.2. The summed E-state index contributed by atoms with van der Waals surface area (Å²) in [5.74, 6) is -0.621. The number of ether oxygens (including phenoxy) is 2. The second kappa shape index (κ2) is 16.8. The van der Waals surface area contributed by atoms with Crippen LogP contribution in [-0.2, 0) is 9.47 Å². The Kier molecular flexibility index (Phi) is 15.1. The Morgan fingerprint density at radius 3 is 1.41 bits per heavy atom. The lowest BCUT2D eigenvalue weighted by atomic mass is 10.1. The molecule has 0 saturated heterocycles. The van der Waals surface area contributed by atoms with Gasteiger partial charge in [-0.15, -0.1) is 36.2 Å². The molecule has 1 heterocycles. The van der Waals surface area contributed by atoms with Gasteiger partial charge in [0.25, 0.3) is 0 Å². The fraction of sp³-hybridized carbons (Fsp3) is 0.500. The molecule has 0 atom stereocenters. The van der Waals surface area contributed by atoms with Crippen LogP contribution in [0.15, 0.2) is 36.4 Å². The van der Waals surface area contributed by atoms with Crippen LogP contribution in [0.1, 0.15) is 61.3 Å². The van der Waals surface area contributed by atoms with E-state index in [1.807, 2.05) is 36.4 Å². The monoisotopic (exact) mass is 570 g/mol. The number of fused-ring (bicyclic) bond motifs is 3. The maximum absolute atomic E-state index is 12.6. The number of benzene rings is 2. The summed E-state index contributed by atoms with van der Waals surface area (Å²) in [6.07, 6.45) is 1.63. The highest BCUT2D eigenvalue weighted by atomic mass is 35.5. The molecule has 0 saturated carbocycles.